The van der Waals surface area contributed by atoms with Gasteiger partial charge < -0.3 is 15.1 Å². The van der Waals surface area contributed by atoms with Crippen LogP contribution in [0.5, 0.6) is 0 Å². The maximum atomic E-state index is 14.0. The summed E-state index contributed by atoms with van der Waals surface area (Å²) in [6.07, 6.45) is 0.644. The Balaban J connectivity index is 2.25. The van der Waals surface area contributed by atoms with Crippen molar-refractivity contribution in [3.05, 3.63) is 69.7 Å². The van der Waals surface area contributed by atoms with E-state index in [4.69, 9.17) is 23.2 Å². The van der Waals surface area contributed by atoms with Gasteiger partial charge in [0.2, 0.25) is 5.91 Å². The van der Waals surface area contributed by atoms with E-state index in [9.17, 15) is 19.8 Å². The number of aliphatic hydroxyl groups is 1. The summed E-state index contributed by atoms with van der Waals surface area (Å²) < 4.78 is 0. The fourth-order valence-electron chi connectivity index (χ4n) is 5.15. The second-order valence-corrected chi connectivity index (χ2v) is 10.2. The number of likely N-dealkylation sites (tertiary alicyclic amines) is 1. The summed E-state index contributed by atoms with van der Waals surface area (Å²) in [7, 11) is 0. The van der Waals surface area contributed by atoms with Crippen LogP contribution in [0.25, 0.3) is 0 Å². The highest BCUT2D eigenvalue weighted by Crippen LogP contribution is 2.52. The van der Waals surface area contributed by atoms with E-state index in [0.717, 1.165) is 17.5 Å². The molecule has 0 unspecified atom stereocenters. The van der Waals surface area contributed by atoms with Crippen molar-refractivity contribution >= 4 is 35.1 Å². The average Bonchev–Trinajstić information content (AvgIpc) is 2.74. The van der Waals surface area contributed by atoms with E-state index in [1.807, 2.05) is 37.3 Å². The number of benzene rings is 2. The quantitative estimate of drug-likeness (QED) is 0.468. The molecule has 1 aliphatic rings. The summed E-state index contributed by atoms with van der Waals surface area (Å²) in [5, 5.41) is 21.5. The summed E-state index contributed by atoms with van der Waals surface area (Å²) in [5.74, 6) is -1.49. The highest BCUT2D eigenvalue weighted by atomic mass is 35.5. The van der Waals surface area contributed by atoms with Crippen molar-refractivity contribution in [2.75, 3.05) is 0 Å². The maximum Gasteiger partial charge on any atom is 0.304 e. The smallest absolute Gasteiger partial charge is 0.304 e. The van der Waals surface area contributed by atoms with E-state index in [0.29, 0.717) is 22.9 Å². The second-order valence-electron chi connectivity index (χ2n) is 9.30. The molecular weight excluding hydrogens is 461 g/mol. The highest BCUT2D eigenvalue weighted by Gasteiger charge is 2.52. The normalized spacial score (nSPS) is 25.0. The first-order chi connectivity index (χ1) is 15.6. The van der Waals surface area contributed by atoms with E-state index < -0.39 is 29.6 Å². The number of carboxylic acid groups (broad SMARTS) is 1. The second kappa shape index (κ2) is 10.5. The van der Waals surface area contributed by atoms with Crippen molar-refractivity contribution in [3.63, 3.8) is 0 Å². The molecule has 0 saturated carbocycles. The molecule has 2 aromatic rings. The largest absolute Gasteiger partial charge is 0.481 e. The number of hydrogen-bond acceptors (Lipinski definition) is 3. The van der Waals surface area contributed by atoms with Crippen molar-refractivity contribution in [1.82, 2.24) is 4.90 Å². The molecule has 1 amide bonds. The minimum absolute atomic E-state index is 0.218. The zero-order valence-electron chi connectivity index (χ0n) is 19.2. The Kier molecular flexibility index (Phi) is 8.09. The Morgan fingerprint density at radius 3 is 2.36 bits per heavy atom. The van der Waals surface area contributed by atoms with Crippen molar-refractivity contribution in [2.24, 2.45) is 5.41 Å². The first kappa shape index (κ1) is 25.5. The predicted molar refractivity (Wildman–Crippen MR) is 131 cm³/mol. The molecule has 7 heteroatoms. The zero-order chi connectivity index (χ0) is 24.3. The molecule has 0 aliphatic carbocycles. The molecule has 33 heavy (non-hydrogen) atoms. The van der Waals surface area contributed by atoms with Crippen molar-refractivity contribution in [1.29, 1.82) is 0 Å². The lowest BCUT2D eigenvalue weighted by Crippen LogP contribution is -2.58. The van der Waals surface area contributed by atoms with E-state index in [-0.39, 0.29) is 18.2 Å². The Bertz CT molecular complexity index is 994. The number of rotatable bonds is 8. The SMILES string of the molecule is CCC[C@@H]([C@H](C)O)N1C(=O)[C@@](C)(CC(=O)O)C[C@H](c2cccc(Cl)c2)[C@H]1c1ccc(Cl)cc1. The summed E-state index contributed by atoms with van der Waals surface area (Å²) in [6, 6.07) is 14.0. The molecule has 0 spiro atoms. The van der Waals surface area contributed by atoms with Gasteiger partial charge in [-0.15, -0.1) is 0 Å². The van der Waals surface area contributed by atoms with E-state index >= 15 is 0 Å². The summed E-state index contributed by atoms with van der Waals surface area (Å²) in [5.41, 5.74) is 0.692. The number of aliphatic hydroxyl groups excluding tert-OH is 1. The van der Waals surface area contributed by atoms with Gasteiger partial charge in [0.25, 0.3) is 0 Å². The fraction of sp³-hybridized carbons (Fsp3) is 0.462. The summed E-state index contributed by atoms with van der Waals surface area (Å²) in [4.78, 5) is 27.5. The first-order valence-electron chi connectivity index (χ1n) is 11.3. The average molecular weight is 492 g/mol. The van der Waals surface area contributed by atoms with E-state index in [2.05, 4.69) is 0 Å². The van der Waals surface area contributed by atoms with Gasteiger partial charge in [-0.1, -0.05) is 67.7 Å². The molecular formula is C26H31Cl2NO4. The molecule has 0 radical (unpaired) electrons. The molecule has 3 rings (SSSR count). The number of nitrogens with zero attached hydrogens (tertiary/aromatic N) is 1. The molecule has 1 aliphatic heterocycles. The van der Waals surface area contributed by atoms with Crippen LogP contribution in [0, 0.1) is 5.41 Å². The van der Waals surface area contributed by atoms with Crippen LogP contribution in [-0.4, -0.2) is 39.1 Å². The number of piperidine rings is 1. The van der Waals surface area contributed by atoms with E-state index in [1.165, 1.54) is 0 Å². The Morgan fingerprint density at radius 2 is 1.82 bits per heavy atom. The third-order valence-electron chi connectivity index (χ3n) is 6.63. The number of halogens is 2. The molecule has 0 bridgehead atoms. The lowest BCUT2D eigenvalue weighted by atomic mass is 9.66. The van der Waals surface area contributed by atoms with Crippen LogP contribution in [0.2, 0.25) is 10.0 Å². The van der Waals surface area contributed by atoms with Gasteiger partial charge in [-0.05, 0) is 55.2 Å². The first-order valence-corrected chi connectivity index (χ1v) is 12.1. The van der Waals surface area contributed by atoms with Crippen LogP contribution in [0.3, 0.4) is 0 Å². The maximum absolute atomic E-state index is 14.0. The van der Waals surface area contributed by atoms with Gasteiger partial charge in [0.05, 0.1) is 30.0 Å². The zero-order valence-corrected chi connectivity index (χ0v) is 20.7. The van der Waals surface area contributed by atoms with Crippen LogP contribution >= 0.6 is 23.2 Å². The number of carbonyl (C=O) groups excluding carboxylic acids is 1. The number of amides is 1. The van der Waals surface area contributed by atoms with Gasteiger partial charge in [0.15, 0.2) is 0 Å². The molecule has 5 atom stereocenters. The molecule has 5 nitrogen and oxygen atoms in total. The number of hydrogen-bond donors (Lipinski definition) is 2. The van der Waals surface area contributed by atoms with Crippen LogP contribution in [-0.2, 0) is 9.59 Å². The monoisotopic (exact) mass is 491 g/mol. The van der Waals surface area contributed by atoms with Crippen LogP contribution in [0.4, 0.5) is 0 Å². The van der Waals surface area contributed by atoms with Gasteiger partial charge in [0, 0.05) is 16.0 Å². The van der Waals surface area contributed by atoms with Gasteiger partial charge in [0.1, 0.15) is 0 Å². The molecule has 1 saturated heterocycles. The number of aliphatic carboxylic acids is 1. The minimum atomic E-state index is -1.12. The standard InChI is InChI=1S/C26H31Cl2NO4/c1-4-6-22(16(2)30)29-24(17-9-11-19(27)12-10-17)21(18-7-5-8-20(28)13-18)14-26(3,25(29)33)15-23(31)32/h5,7-13,16,21-22,24,30H,4,6,14-15H2,1-3H3,(H,31,32)/t16-,21+,22-,24+,26+/m0/s1. The highest BCUT2D eigenvalue weighted by molar-refractivity contribution is 6.30. The number of carboxylic acids is 1. The lowest BCUT2D eigenvalue weighted by molar-refractivity contribution is -0.163. The Hall–Kier alpha value is -2.08. The molecule has 0 aromatic heterocycles. The van der Waals surface area contributed by atoms with Crippen LogP contribution < -0.4 is 0 Å². The Morgan fingerprint density at radius 1 is 1.15 bits per heavy atom. The Labute approximate surface area is 205 Å². The minimum Gasteiger partial charge on any atom is -0.481 e. The van der Waals surface area contributed by atoms with Gasteiger partial charge in [-0.2, -0.15) is 0 Å². The third-order valence-corrected chi connectivity index (χ3v) is 7.12. The van der Waals surface area contributed by atoms with Crippen molar-refractivity contribution < 1.29 is 19.8 Å². The van der Waals surface area contributed by atoms with Crippen molar-refractivity contribution in [2.45, 2.75) is 70.6 Å². The molecule has 1 heterocycles. The van der Waals surface area contributed by atoms with Gasteiger partial charge in [-0.3, -0.25) is 9.59 Å². The summed E-state index contributed by atoms with van der Waals surface area (Å²) in [6.45, 7) is 5.41. The molecule has 1 fully saturated rings. The topological polar surface area (TPSA) is 77.8 Å². The molecule has 178 valence electrons. The fourth-order valence-corrected chi connectivity index (χ4v) is 5.48. The van der Waals surface area contributed by atoms with Crippen LogP contribution in [0.15, 0.2) is 48.5 Å². The van der Waals surface area contributed by atoms with Crippen molar-refractivity contribution in [3.8, 4) is 0 Å². The lowest BCUT2D eigenvalue weighted by Gasteiger charge is -2.52. The van der Waals surface area contributed by atoms with Gasteiger partial charge >= 0.3 is 5.97 Å². The van der Waals surface area contributed by atoms with Gasteiger partial charge in [-0.25, -0.2) is 0 Å². The molecule has 2 N–H and O–H groups in total. The number of carbonyl (C=O) groups is 2. The molecule has 2 aromatic carbocycles. The van der Waals surface area contributed by atoms with E-state index in [1.54, 1.807) is 36.9 Å². The third kappa shape index (κ3) is 5.53. The summed E-state index contributed by atoms with van der Waals surface area (Å²) >= 11 is 12.5. The van der Waals surface area contributed by atoms with Crippen LogP contribution in [0.1, 0.15) is 69.5 Å². The predicted octanol–water partition coefficient (Wildman–Crippen LogP) is 6.08.